The Morgan fingerprint density at radius 1 is 0.900 bits per heavy atom. The first-order valence-corrected chi connectivity index (χ1v) is 12.7. The summed E-state index contributed by atoms with van der Waals surface area (Å²) in [6, 6.07) is 6.79. The van der Waals surface area contributed by atoms with E-state index in [2.05, 4.69) is 25.8 Å². The van der Waals surface area contributed by atoms with Crippen LogP contribution in [0.2, 0.25) is 0 Å². The fourth-order valence-corrected chi connectivity index (χ4v) is 4.16. The number of hydrogen-bond acceptors (Lipinski definition) is 9. The van der Waals surface area contributed by atoms with Crippen molar-refractivity contribution in [3.8, 4) is 28.4 Å². The van der Waals surface area contributed by atoms with Gasteiger partial charge in [-0.15, -0.1) is 0 Å². The van der Waals surface area contributed by atoms with Crippen molar-refractivity contribution in [2.24, 2.45) is 0 Å². The zero-order valence-electron chi connectivity index (χ0n) is 22.7. The number of alkyl halides is 3. The fourth-order valence-electron chi connectivity index (χ4n) is 4.16. The molecule has 0 bridgehead atoms. The van der Waals surface area contributed by atoms with Gasteiger partial charge in [0.25, 0.3) is 5.91 Å². The van der Waals surface area contributed by atoms with Crippen molar-refractivity contribution in [2.45, 2.75) is 12.7 Å². The number of carbonyl (C=O) groups is 2. The second kappa shape index (κ2) is 14.7. The van der Waals surface area contributed by atoms with E-state index in [1.54, 1.807) is 23.5 Å². The van der Waals surface area contributed by atoms with Crippen molar-refractivity contribution in [1.82, 2.24) is 31.2 Å². The predicted molar refractivity (Wildman–Crippen MR) is 142 cm³/mol. The molecule has 220 valence electrons. The summed E-state index contributed by atoms with van der Waals surface area (Å²) in [7, 11) is 4.53. The van der Waals surface area contributed by atoms with Crippen LogP contribution < -0.4 is 35.5 Å². The van der Waals surface area contributed by atoms with Gasteiger partial charge in [-0.25, -0.2) is 4.98 Å². The molecule has 2 aromatic rings. The molecule has 40 heavy (non-hydrogen) atoms. The van der Waals surface area contributed by atoms with E-state index in [0.717, 1.165) is 39.3 Å². The third kappa shape index (κ3) is 8.69. The van der Waals surface area contributed by atoms with Crippen LogP contribution in [0.4, 0.5) is 13.2 Å². The Kier molecular flexibility index (Phi) is 11.3. The lowest BCUT2D eigenvalue weighted by Gasteiger charge is -2.22. The van der Waals surface area contributed by atoms with Crippen LogP contribution in [0.3, 0.4) is 0 Å². The Hall–Kier alpha value is -3.62. The van der Waals surface area contributed by atoms with Crippen molar-refractivity contribution >= 4 is 11.8 Å². The SMILES string of the molecule is COc1cc(OC)c(-c2cc(CN3CCNCCNCC3)nc(C(=O)NCCNC(=O)C(F)(F)F)c2)c(OC)c1. The van der Waals surface area contributed by atoms with Gasteiger partial charge < -0.3 is 35.5 Å². The molecule has 1 aromatic carbocycles. The maximum Gasteiger partial charge on any atom is 0.471 e. The summed E-state index contributed by atoms with van der Waals surface area (Å²) in [5.41, 5.74) is 1.83. The molecule has 2 amide bonds. The van der Waals surface area contributed by atoms with Crippen LogP contribution in [0.25, 0.3) is 11.1 Å². The molecular formula is C26H35F3N6O5. The van der Waals surface area contributed by atoms with Crippen molar-refractivity contribution in [3.05, 3.63) is 35.7 Å². The largest absolute Gasteiger partial charge is 0.496 e. The number of hydrogen-bond donors (Lipinski definition) is 4. The first-order chi connectivity index (χ1) is 19.2. The van der Waals surface area contributed by atoms with Gasteiger partial charge in [0.1, 0.15) is 22.9 Å². The summed E-state index contributed by atoms with van der Waals surface area (Å²) in [4.78, 5) is 30.8. The minimum atomic E-state index is -5.00. The van der Waals surface area contributed by atoms with Crippen LogP contribution >= 0.6 is 0 Å². The van der Waals surface area contributed by atoms with E-state index in [9.17, 15) is 22.8 Å². The fraction of sp³-hybridized carbons (Fsp3) is 0.500. The highest BCUT2D eigenvalue weighted by atomic mass is 19.4. The highest BCUT2D eigenvalue weighted by Crippen LogP contribution is 2.42. The third-order valence-corrected chi connectivity index (χ3v) is 6.14. The van der Waals surface area contributed by atoms with E-state index < -0.39 is 24.5 Å². The van der Waals surface area contributed by atoms with Gasteiger partial charge in [-0.05, 0) is 17.7 Å². The van der Waals surface area contributed by atoms with E-state index in [1.807, 2.05) is 6.07 Å². The average Bonchev–Trinajstić information content (AvgIpc) is 3.07. The number of carbonyl (C=O) groups excluding carboxylic acids is 2. The smallest absolute Gasteiger partial charge is 0.471 e. The minimum absolute atomic E-state index is 0.0510. The minimum Gasteiger partial charge on any atom is -0.496 e. The lowest BCUT2D eigenvalue weighted by atomic mass is 10.0. The van der Waals surface area contributed by atoms with E-state index in [0.29, 0.717) is 40.6 Å². The normalized spacial score (nSPS) is 14.8. The number of halogens is 3. The lowest BCUT2D eigenvalue weighted by molar-refractivity contribution is -0.173. The van der Waals surface area contributed by atoms with Gasteiger partial charge >= 0.3 is 12.1 Å². The number of benzene rings is 1. The van der Waals surface area contributed by atoms with Gasteiger partial charge in [0, 0.05) is 71.0 Å². The second-order valence-electron chi connectivity index (χ2n) is 8.93. The summed E-state index contributed by atoms with van der Waals surface area (Å²) < 4.78 is 53.9. The van der Waals surface area contributed by atoms with Gasteiger partial charge in [-0.2, -0.15) is 13.2 Å². The average molecular weight is 569 g/mol. The number of nitrogens with zero attached hydrogens (tertiary/aromatic N) is 2. The number of nitrogens with one attached hydrogen (secondary N) is 4. The molecular weight excluding hydrogens is 533 g/mol. The molecule has 11 nitrogen and oxygen atoms in total. The van der Waals surface area contributed by atoms with E-state index >= 15 is 0 Å². The van der Waals surface area contributed by atoms with Gasteiger partial charge in [-0.3, -0.25) is 14.5 Å². The number of amides is 2. The lowest BCUT2D eigenvalue weighted by Crippen LogP contribution is -2.41. The Morgan fingerprint density at radius 2 is 1.50 bits per heavy atom. The number of methoxy groups -OCH3 is 3. The molecule has 1 aliphatic rings. The Morgan fingerprint density at radius 3 is 2.05 bits per heavy atom. The maximum absolute atomic E-state index is 13.0. The summed E-state index contributed by atoms with van der Waals surface area (Å²) in [6.07, 6.45) is -5.00. The van der Waals surface area contributed by atoms with Crippen molar-refractivity contribution in [1.29, 1.82) is 0 Å². The van der Waals surface area contributed by atoms with Gasteiger partial charge in [0.2, 0.25) is 0 Å². The zero-order valence-corrected chi connectivity index (χ0v) is 22.7. The number of rotatable bonds is 10. The molecule has 1 saturated heterocycles. The quantitative estimate of drug-likeness (QED) is 0.313. The summed E-state index contributed by atoms with van der Waals surface area (Å²) >= 11 is 0. The van der Waals surface area contributed by atoms with Crippen LogP contribution in [0.5, 0.6) is 17.2 Å². The van der Waals surface area contributed by atoms with E-state index in [4.69, 9.17) is 14.2 Å². The molecule has 0 spiro atoms. The monoisotopic (exact) mass is 568 g/mol. The Labute approximate surface area is 230 Å². The van der Waals surface area contributed by atoms with Crippen LogP contribution in [-0.4, -0.2) is 102 Å². The molecule has 0 aliphatic carbocycles. The summed E-state index contributed by atoms with van der Waals surface area (Å²) in [6.45, 7) is 4.67. The van der Waals surface area contributed by atoms with Gasteiger partial charge in [-0.1, -0.05) is 0 Å². The Bertz CT molecular complexity index is 1130. The molecule has 1 aromatic heterocycles. The zero-order chi connectivity index (χ0) is 29.1. The van der Waals surface area contributed by atoms with Crippen LogP contribution in [0.1, 0.15) is 16.2 Å². The van der Waals surface area contributed by atoms with Gasteiger partial charge in [0.05, 0.1) is 32.6 Å². The predicted octanol–water partition coefficient (Wildman–Crippen LogP) is 1.18. The molecule has 2 heterocycles. The van der Waals surface area contributed by atoms with Crippen molar-refractivity contribution in [2.75, 3.05) is 73.7 Å². The highest BCUT2D eigenvalue weighted by molar-refractivity contribution is 5.94. The topological polar surface area (TPSA) is 126 Å². The van der Waals surface area contributed by atoms with Crippen LogP contribution in [-0.2, 0) is 11.3 Å². The molecule has 1 fully saturated rings. The Balaban J connectivity index is 1.93. The third-order valence-electron chi connectivity index (χ3n) is 6.14. The number of pyridine rings is 1. The summed E-state index contributed by atoms with van der Waals surface area (Å²) in [5.74, 6) is -1.27. The second-order valence-corrected chi connectivity index (χ2v) is 8.93. The molecule has 1 aliphatic heterocycles. The molecule has 0 saturated carbocycles. The van der Waals surface area contributed by atoms with Crippen molar-refractivity contribution < 1.29 is 37.0 Å². The van der Waals surface area contributed by atoms with Crippen LogP contribution in [0, 0.1) is 0 Å². The highest BCUT2D eigenvalue weighted by Gasteiger charge is 2.38. The van der Waals surface area contributed by atoms with E-state index in [1.165, 1.54) is 21.3 Å². The number of ether oxygens (including phenoxy) is 3. The first-order valence-electron chi connectivity index (χ1n) is 12.7. The standard InChI is InChI=1S/C26H35F3N6O5/c1-38-19-14-21(39-2)23(22(15-19)40-3)17-12-18(16-35-10-8-30-4-5-31-9-11-35)34-20(13-17)24(36)32-6-7-33-25(37)26(27,28)29/h12-15,30-31H,4-11,16H2,1-3H3,(H,32,36)(H,33,37). The molecule has 0 atom stereocenters. The number of aromatic nitrogens is 1. The molecule has 4 N–H and O–H groups in total. The van der Waals surface area contributed by atoms with Gasteiger partial charge in [0.15, 0.2) is 0 Å². The molecule has 0 radical (unpaired) electrons. The van der Waals surface area contributed by atoms with Crippen LogP contribution in [0.15, 0.2) is 24.3 Å². The van der Waals surface area contributed by atoms with E-state index in [-0.39, 0.29) is 12.2 Å². The first kappa shape index (κ1) is 30.9. The maximum atomic E-state index is 13.0. The molecule has 14 heteroatoms. The summed E-state index contributed by atoms with van der Waals surface area (Å²) in [5, 5.41) is 11.0. The molecule has 0 unspecified atom stereocenters. The molecule has 3 rings (SSSR count). The van der Waals surface area contributed by atoms with Crippen molar-refractivity contribution in [3.63, 3.8) is 0 Å².